The summed E-state index contributed by atoms with van der Waals surface area (Å²) >= 11 is 1.77. The Morgan fingerprint density at radius 3 is 2.92 bits per heavy atom. The highest BCUT2D eigenvalue weighted by atomic mass is 32.1. The molecule has 0 amide bonds. The predicted octanol–water partition coefficient (Wildman–Crippen LogP) is 3.31. The molecule has 2 aliphatic rings. The van der Waals surface area contributed by atoms with Crippen molar-refractivity contribution in [1.29, 1.82) is 0 Å². The van der Waals surface area contributed by atoms with Crippen LogP contribution in [0.3, 0.4) is 0 Å². The van der Waals surface area contributed by atoms with E-state index in [0.717, 1.165) is 51.5 Å². The van der Waals surface area contributed by atoms with Crippen LogP contribution in [0, 0.1) is 0 Å². The van der Waals surface area contributed by atoms with Crippen LogP contribution in [0.2, 0.25) is 0 Å². The predicted molar refractivity (Wildman–Crippen MR) is 111 cm³/mol. The first-order valence-corrected chi connectivity index (χ1v) is 10.6. The summed E-state index contributed by atoms with van der Waals surface area (Å²) in [7, 11) is 0. The molecule has 0 unspecified atom stereocenters. The number of para-hydroxylation sites is 1. The molecule has 5 nitrogen and oxygen atoms in total. The molecule has 6 heteroatoms. The van der Waals surface area contributed by atoms with E-state index in [9.17, 15) is 0 Å². The Labute approximate surface area is 159 Å². The zero-order chi connectivity index (χ0) is 17.8. The minimum absolute atomic E-state index is 0.768. The van der Waals surface area contributed by atoms with Gasteiger partial charge in [-0.15, -0.1) is 11.3 Å². The van der Waals surface area contributed by atoms with Crippen LogP contribution in [-0.4, -0.2) is 43.7 Å². The third-order valence-corrected chi connectivity index (χ3v) is 5.97. The number of nitrogens with one attached hydrogen (secondary N) is 1. The van der Waals surface area contributed by atoms with E-state index in [-0.39, 0.29) is 0 Å². The Morgan fingerprint density at radius 1 is 1.23 bits per heavy atom. The fourth-order valence-electron chi connectivity index (χ4n) is 3.69. The maximum Gasteiger partial charge on any atom is 0.198 e. The molecule has 2 aromatic rings. The number of anilines is 2. The molecule has 0 saturated carbocycles. The Balaban J connectivity index is 1.41. The molecule has 0 bridgehead atoms. The lowest BCUT2D eigenvalue weighted by Crippen LogP contribution is -2.40. The van der Waals surface area contributed by atoms with Gasteiger partial charge in [0.05, 0.1) is 5.69 Å². The number of nitrogens with zero attached hydrogens (tertiary/aromatic N) is 4. The van der Waals surface area contributed by atoms with E-state index in [1.165, 1.54) is 34.9 Å². The topological polar surface area (TPSA) is 43.8 Å². The zero-order valence-corrected chi connectivity index (χ0v) is 16.3. The van der Waals surface area contributed by atoms with Crippen molar-refractivity contribution in [1.82, 2.24) is 10.3 Å². The molecule has 3 heterocycles. The Kier molecular flexibility index (Phi) is 5.39. The van der Waals surface area contributed by atoms with Gasteiger partial charge in [0.2, 0.25) is 0 Å². The number of aliphatic imine (C=N–C) groups is 1. The molecule has 0 aliphatic carbocycles. The normalized spacial score (nSPS) is 17.0. The van der Waals surface area contributed by atoms with Crippen molar-refractivity contribution in [2.45, 2.75) is 32.6 Å². The number of rotatable bonds is 5. The largest absolute Gasteiger partial charge is 0.356 e. The molecule has 0 radical (unpaired) electrons. The molecule has 2 aliphatic heterocycles. The first kappa shape index (κ1) is 17.3. The quantitative estimate of drug-likeness (QED) is 0.649. The summed E-state index contributed by atoms with van der Waals surface area (Å²) in [5.41, 5.74) is 3.86. The number of benzene rings is 1. The van der Waals surface area contributed by atoms with Crippen LogP contribution in [-0.2, 0) is 12.8 Å². The van der Waals surface area contributed by atoms with E-state index >= 15 is 0 Å². The maximum absolute atomic E-state index is 4.88. The Bertz CT molecular complexity index is 763. The molecule has 4 rings (SSSR count). The minimum atomic E-state index is 0.768. The first-order valence-electron chi connectivity index (χ1n) is 9.68. The summed E-state index contributed by atoms with van der Waals surface area (Å²) in [6.45, 7) is 7.09. The van der Waals surface area contributed by atoms with Gasteiger partial charge in [-0.3, -0.25) is 4.99 Å². The summed E-state index contributed by atoms with van der Waals surface area (Å²) in [6.07, 6.45) is 4.58. The number of aromatic nitrogens is 1. The molecular weight excluding hydrogens is 342 g/mol. The number of hydrogen-bond donors (Lipinski definition) is 1. The smallest absolute Gasteiger partial charge is 0.198 e. The van der Waals surface area contributed by atoms with Crippen molar-refractivity contribution in [3.8, 4) is 0 Å². The monoisotopic (exact) mass is 369 g/mol. The first-order chi connectivity index (χ1) is 12.8. The van der Waals surface area contributed by atoms with E-state index in [4.69, 9.17) is 9.98 Å². The van der Waals surface area contributed by atoms with Gasteiger partial charge in [-0.1, -0.05) is 18.2 Å². The van der Waals surface area contributed by atoms with E-state index in [1.807, 2.05) is 0 Å². The highest BCUT2D eigenvalue weighted by molar-refractivity contribution is 7.13. The molecular formula is C20H27N5S. The molecule has 26 heavy (non-hydrogen) atoms. The highest BCUT2D eigenvalue weighted by Gasteiger charge is 2.22. The van der Waals surface area contributed by atoms with Crippen molar-refractivity contribution < 1.29 is 0 Å². The Morgan fingerprint density at radius 2 is 2.08 bits per heavy atom. The summed E-state index contributed by atoms with van der Waals surface area (Å²) < 4.78 is 0. The van der Waals surface area contributed by atoms with Gasteiger partial charge in [0.15, 0.2) is 11.1 Å². The van der Waals surface area contributed by atoms with Gasteiger partial charge in [0.1, 0.15) is 0 Å². The molecule has 138 valence electrons. The minimum Gasteiger partial charge on any atom is -0.356 e. The summed E-state index contributed by atoms with van der Waals surface area (Å²) in [5.74, 6) is 0.993. The summed E-state index contributed by atoms with van der Waals surface area (Å²) in [6, 6.07) is 8.63. The van der Waals surface area contributed by atoms with E-state index in [2.05, 4.69) is 51.7 Å². The average molecular weight is 370 g/mol. The number of hydrogen-bond acceptors (Lipinski definition) is 4. The second kappa shape index (κ2) is 8.08. The summed E-state index contributed by atoms with van der Waals surface area (Å²) in [5, 5.41) is 6.83. The number of guanidine groups is 1. The fourth-order valence-corrected chi connectivity index (χ4v) is 4.61. The molecule has 1 aromatic carbocycles. The average Bonchev–Trinajstić information content (AvgIpc) is 3.40. The van der Waals surface area contributed by atoms with Crippen LogP contribution in [0.4, 0.5) is 10.8 Å². The fraction of sp³-hybridized carbons (Fsp3) is 0.500. The molecule has 0 spiro atoms. The van der Waals surface area contributed by atoms with Gasteiger partial charge in [0.25, 0.3) is 0 Å². The maximum atomic E-state index is 4.88. The van der Waals surface area contributed by atoms with Crippen molar-refractivity contribution in [3.63, 3.8) is 0 Å². The van der Waals surface area contributed by atoms with Crippen molar-refractivity contribution in [2.75, 3.05) is 42.5 Å². The van der Waals surface area contributed by atoms with Crippen LogP contribution < -0.4 is 15.1 Å². The van der Waals surface area contributed by atoms with E-state index in [0.29, 0.717) is 0 Å². The number of fused-ring (bicyclic) bond motifs is 1. The lowest BCUT2D eigenvalue weighted by molar-refractivity contribution is 0.861. The Hall–Kier alpha value is -2.08. The standard InChI is InChI=1S/C20H27N5S/c1-2-21-19(25-14-10-16-7-3-4-8-18(16)25)22-11-9-17-15-26-20(23-17)24-12-5-6-13-24/h3-4,7-8,15H,2,5-6,9-14H2,1H3,(H,21,22). The van der Waals surface area contributed by atoms with Gasteiger partial charge < -0.3 is 15.1 Å². The SMILES string of the molecule is CCNC(=NCCc1csc(N2CCCC2)n1)N1CCc2ccccc21. The molecule has 1 saturated heterocycles. The lowest BCUT2D eigenvalue weighted by Gasteiger charge is -2.22. The third kappa shape index (κ3) is 3.70. The van der Waals surface area contributed by atoms with E-state index in [1.54, 1.807) is 11.3 Å². The van der Waals surface area contributed by atoms with Crippen molar-refractivity contribution >= 4 is 28.1 Å². The highest BCUT2D eigenvalue weighted by Crippen LogP contribution is 2.27. The molecule has 1 fully saturated rings. The van der Waals surface area contributed by atoms with Crippen LogP contribution in [0.1, 0.15) is 31.0 Å². The summed E-state index contributed by atoms with van der Waals surface area (Å²) in [4.78, 5) is 14.4. The molecule has 1 aromatic heterocycles. The second-order valence-electron chi connectivity index (χ2n) is 6.83. The molecule has 1 N–H and O–H groups in total. The second-order valence-corrected chi connectivity index (χ2v) is 7.67. The molecule has 0 atom stereocenters. The zero-order valence-electron chi connectivity index (χ0n) is 15.4. The van der Waals surface area contributed by atoms with Gasteiger partial charge in [0, 0.05) is 50.2 Å². The van der Waals surface area contributed by atoms with Crippen LogP contribution in [0.25, 0.3) is 0 Å². The van der Waals surface area contributed by atoms with Gasteiger partial charge in [-0.25, -0.2) is 4.98 Å². The van der Waals surface area contributed by atoms with Crippen LogP contribution in [0.5, 0.6) is 0 Å². The van der Waals surface area contributed by atoms with E-state index < -0.39 is 0 Å². The number of thiazole rings is 1. The van der Waals surface area contributed by atoms with Crippen molar-refractivity contribution in [3.05, 3.63) is 40.9 Å². The van der Waals surface area contributed by atoms with Gasteiger partial charge in [-0.2, -0.15) is 0 Å². The van der Waals surface area contributed by atoms with Crippen molar-refractivity contribution in [2.24, 2.45) is 4.99 Å². The lowest BCUT2D eigenvalue weighted by atomic mass is 10.2. The van der Waals surface area contributed by atoms with Crippen LogP contribution >= 0.6 is 11.3 Å². The third-order valence-electron chi connectivity index (χ3n) is 5.02. The van der Waals surface area contributed by atoms with Gasteiger partial charge in [-0.05, 0) is 37.8 Å². The van der Waals surface area contributed by atoms with Crippen LogP contribution in [0.15, 0.2) is 34.6 Å². The van der Waals surface area contributed by atoms with Gasteiger partial charge >= 0.3 is 0 Å².